The summed E-state index contributed by atoms with van der Waals surface area (Å²) in [6, 6.07) is 3.78. The molecule has 1 heterocycles. The van der Waals surface area contributed by atoms with E-state index in [4.69, 9.17) is 9.05 Å². The minimum atomic E-state index is -2.96. The molecule has 0 amide bonds. The smallest absolute Gasteiger partial charge is 0.309 e. The zero-order valence-electron chi connectivity index (χ0n) is 10.2. The Morgan fingerprint density at radius 3 is 2.59 bits per heavy atom. The molecule has 0 aliphatic heterocycles. The van der Waals surface area contributed by atoms with Crippen molar-refractivity contribution in [1.82, 2.24) is 4.98 Å². The van der Waals surface area contributed by atoms with Crippen LogP contribution in [0.2, 0.25) is 0 Å². The molecule has 17 heavy (non-hydrogen) atoms. The van der Waals surface area contributed by atoms with Crippen molar-refractivity contribution in [3.05, 3.63) is 36.2 Å². The zero-order chi connectivity index (χ0) is 12.6. The summed E-state index contributed by atoms with van der Waals surface area (Å²) in [6.45, 7) is 4.38. The van der Waals surface area contributed by atoms with Gasteiger partial charge in [0.25, 0.3) is 0 Å². The van der Waals surface area contributed by atoms with Gasteiger partial charge in [-0.1, -0.05) is 18.2 Å². The molecule has 0 atom stereocenters. The van der Waals surface area contributed by atoms with Gasteiger partial charge in [-0.15, -0.1) is 0 Å². The third-order valence-corrected chi connectivity index (χ3v) is 3.94. The van der Waals surface area contributed by atoms with Crippen LogP contribution in [0.1, 0.15) is 19.4 Å². The monoisotopic (exact) mass is 255 g/mol. The molecule has 1 aromatic heterocycles. The van der Waals surface area contributed by atoms with E-state index >= 15 is 0 Å². The number of pyridine rings is 1. The Morgan fingerprint density at radius 2 is 2.06 bits per heavy atom. The molecule has 0 aliphatic rings. The summed E-state index contributed by atoms with van der Waals surface area (Å²) in [7, 11) is -2.96. The van der Waals surface area contributed by atoms with E-state index in [0.717, 1.165) is 5.56 Å². The number of hydrogen-bond donors (Lipinski definition) is 0. The molecule has 0 saturated heterocycles. The highest BCUT2D eigenvalue weighted by Crippen LogP contribution is 2.47. The Balaban J connectivity index is 2.58. The molecule has 0 spiro atoms. The van der Waals surface area contributed by atoms with E-state index < -0.39 is 7.60 Å². The molecule has 0 radical (unpaired) electrons. The standard InChI is InChI=1S/C12H18NO3P/c1-3-15-17(14,16-4-2)10-6-8-12-7-5-9-13-11-12/h5-9,11H,3-4,10H2,1-2H3/b8-6+. The molecule has 0 bridgehead atoms. The second kappa shape index (κ2) is 7.38. The first-order valence-corrected chi connectivity index (χ1v) is 7.37. The average Bonchev–Trinajstić information content (AvgIpc) is 2.31. The molecule has 0 N–H and O–H groups in total. The predicted molar refractivity (Wildman–Crippen MR) is 69.0 cm³/mol. The Bertz CT molecular complexity index is 382. The fourth-order valence-electron chi connectivity index (χ4n) is 1.33. The van der Waals surface area contributed by atoms with E-state index in [1.165, 1.54) is 0 Å². The minimum absolute atomic E-state index is 0.281. The van der Waals surface area contributed by atoms with Crippen molar-refractivity contribution in [3.8, 4) is 0 Å². The van der Waals surface area contributed by atoms with Crippen molar-refractivity contribution in [2.45, 2.75) is 13.8 Å². The van der Waals surface area contributed by atoms with Crippen LogP contribution in [0, 0.1) is 0 Å². The molecule has 1 rings (SSSR count). The van der Waals surface area contributed by atoms with Crippen molar-refractivity contribution in [1.29, 1.82) is 0 Å². The van der Waals surface area contributed by atoms with E-state index in [2.05, 4.69) is 4.98 Å². The van der Waals surface area contributed by atoms with Crippen molar-refractivity contribution < 1.29 is 13.6 Å². The van der Waals surface area contributed by atoms with Crippen LogP contribution in [0.15, 0.2) is 30.6 Å². The summed E-state index contributed by atoms with van der Waals surface area (Å²) in [5.74, 6) is 0. The number of allylic oxidation sites excluding steroid dienone is 1. The molecule has 0 aliphatic carbocycles. The summed E-state index contributed by atoms with van der Waals surface area (Å²) >= 11 is 0. The summed E-state index contributed by atoms with van der Waals surface area (Å²) < 4.78 is 22.4. The van der Waals surface area contributed by atoms with Gasteiger partial charge in [0.15, 0.2) is 0 Å². The number of rotatable bonds is 7. The maximum Gasteiger partial charge on any atom is 0.334 e. The molecule has 0 unspecified atom stereocenters. The zero-order valence-corrected chi connectivity index (χ0v) is 11.1. The topological polar surface area (TPSA) is 48.4 Å². The molecule has 1 aromatic rings. The second-order valence-corrected chi connectivity index (χ2v) is 5.42. The maximum absolute atomic E-state index is 12.1. The molecular formula is C12H18NO3P. The summed E-state index contributed by atoms with van der Waals surface area (Å²) in [5.41, 5.74) is 0.965. The number of aromatic nitrogens is 1. The summed E-state index contributed by atoms with van der Waals surface area (Å²) in [6.07, 6.45) is 7.38. The highest BCUT2D eigenvalue weighted by atomic mass is 31.2. The SMILES string of the molecule is CCOP(=O)(C/C=C/c1cccnc1)OCC. The first-order chi connectivity index (χ1) is 8.20. The van der Waals surface area contributed by atoms with Gasteiger partial charge < -0.3 is 9.05 Å². The lowest BCUT2D eigenvalue weighted by Crippen LogP contribution is -1.98. The lowest BCUT2D eigenvalue weighted by Gasteiger charge is -2.14. The Hall–Kier alpha value is -0.960. The minimum Gasteiger partial charge on any atom is -0.309 e. The number of hydrogen-bond acceptors (Lipinski definition) is 4. The molecule has 0 aromatic carbocycles. The molecule has 0 saturated carbocycles. The molecule has 0 fully saturated rings. The first kappa shape index (κ1) is 14.1. The van der Waals surface area contributed by atoms with E-state index in [0.29, 0.717) is 13.2 Å². The fraction of sp³-hybridized carbons (Fsp3) is 0.417. The highest BCUT2D eigenvalue weighted by Gasteiger charge is 2.20. The van der Waals surface area contributed by atoms with Gasteiger partial charge in [-0.05, 0) is 25.5 Å². The predicted octanol–water partition coefficient (Wildman–Crippen LogP) is 3.36. The second-order valence-electron chi connectivity index (χ2n) is 3.32. The Labute approximate surface area is 102 Å². The van der Waals surface area contributed by atoms with Gasteiger partial charge in [0, 0.05) is 12.4 Å². The summed E-state index contributed by atoms with van der Waals surface area (Å²) in [5, 5.41) is 0. The molecule has 94 valence electrons. The largest absolute Gasteiger partial charge is 0.334 e. The van der Waals surface area contributed by atoms with Crippen molar-refractivity contribution in [2.24, 2.45) is 0 Å². The summed E-state index contributed by atoms with van der Waals surface area (Å²) in [4.78, 5) is 3.99. The van der Waals surface area contributed by atoms with Crippen molar-refractivity contribution >= 4 is 13.7 Å². The highest BCUT2D eigenvalue weighted by molar-refractivity contribution is 7.54. The van der Waals surface area contributed by atoms with Crippen LogP contribution in [0.5, 0.6) is 0 Å². The third kappa shape index (κ3) is 5.26. The van der Waals surface area contributed by atoms with Gasteiger partial charge in [0.1, 0.15) is 0 Å². The van der Waals surface area contributed by atoms with E-state index in [9.17, 15) is 4.57 Å². The van der Waals surface area contributed by atoms with Crippen molar-refractivity contribution in [3.63, 3.8) is 0 Å². The normalized spacial score (nSPS) is 12.1. The molecular weight excluding hydrogens is 237 g/mol. The lowest BCUT2D eigenvalue weighted by molar-refractivity contribution is 0.222. The van der Waals surface area contributed by atoms with Crippen molar-refractivity contribution in [2.75, 3.05) is 19.4 Å². The van der Waals surface area contributed by atoms with Gasteiger partial charge >= 0.3 is 7.60 Å². The lowest BCUT2D eigenvalue weighted by atomic mass is 10.3. The van der Waals surface area contributed by atoms with E-state index in [1.54, 1.807) is 32.3 Å². The van der Waals surface area contributed by atoms with Crippen LogP contribution in [-0.4, -0.2) is 24.4 Å². The van der Waals surface area contributed by atoms with E-state index in [1.807, 2.05) is 18.2 Å². The van der Waals surface area contributed by atoms with Crippen LogP contribution < -0.4 is 0 Å². The third-order valence-electron chi connectivity index (χ3n) is 1.98. The van der Waals surface area contributed by atoms with Crippen LogP contribution >= 0.6 is 7.60 Å². The first-order valence-electron chi connectivity index (χ1n) is 5.65. The van der Waals surface area contributed by atoms with Gasteiger partial charge in [-0.25, -0.2) is 0 Å². The van der Waals surface area contributed by atoms with Gasteiger partial charge in [0.05, 0.1) is 19.4 Å². The fourth-order valence-corrected chi connectivity index (χ4v) is 2.76. The molecule has 5 heteroatoms. The Kier molecular flexibility index (Phi) is 6.12. The van der Waals surface area contributed by atoms with Gasteiger partial charge in [-0.3, -0.25) is 9.55 Å². The van der Waals surface area contributed by atoms with Crippen LogP contribution in [0.25, 0.3) is 6.08 Å². The van der Waals surface area contributed by atoms with Crippen LogP contribution in [-0.2, 0) is 13.6 Å². The quantitative estimate of drug-likeness (QED) is 0.701. The van der Waals surface area contributed by atoms with Gasteiger partial charge in [-0.2, -0.15) is 0 Å². The van der Waals surface area contributed by atoms with E-state index in [-0.39, 0.29) is 6.16 Å². The van der Waals surface area contributed by atoms with Crippen LogP contribution in [0.4, 0.5) is 0 Å². The van der Waals surface area contributed by atoms with Crippen LogP contribution in [0.3, 0.4) is 0 Å². The number of nitrogens with zero attached hydrogens (tertiary/aromatic N) is 1. The average molecular weight is 255 g/mol. The molecule has 4 nitrogen and oxygen atoms in total. The van der Waals surface area contributed by atoms with Gasteiger partial charge in [0.2, 0.25) is 0 Å². The maximum atomic E-state index is 12.1. The Morgan fingerprint density at radius 1 is 1.35 bits per heavy atom.